The summed E-state index contributed by atoms with van der Waals surface area (Å²) in [5.41, 5.74) is 2.98. The molecule has 0 aliphatic carbocycles. The van der Waals surface area contributed by atoms with Crippen molar-refractivity contribution in [2.45, 2.75) is 33.4 Å². The Morgan fingerprint density at radius 1 is 1.14 bits per heavy atom. The van der Waals surface area contributed by atoms with Gasteiger partial charge < -0.3 is 15.2 Å². The Kier molecular flexibility index (Phi) is 5.43. The first-order valence-electron chi connectivity index (χ1n) is 7.50. The number of hydrogen-bond acceptors (Lipinski definition) is 2. The Hall–Kier alpha value is -2.23. The topological polar surface area (TPSA) is 46.1 Å². The average Bonchev–Trinajstić information content (AvgIpc) is 2.94. The van der Waals surface area contributed by atoms with Crippen LogP contribution in [0.25, 0.3) is 0 Å². The van der Waals surface area contributed by atoms with Gasteiger partial charge in [-0.3, -0.25) is 4.79 Å². The fraction of sp³-hybridized carbons (Fsp3) is 0.353. The number of carbonyl (C=O) groups is 1. The minimum atomic E-state index is -0.0270. The van der Waals surface area contributed by atoms with Crippen molar-refractivity contribution in [3.8, 4) is 0 Å². The fourth-order valence-corrected chi connectivity index (χ4v) is 2.26. The van der Waals surface area contributed by atoms with Crippen molar-refractivity contribution in [3.63, 3.8) is 0 Å². The molecule has 0 spiro atoms. The van der Waals surface area contributed by atoms with Gasteiger partial charge >= 0.3 is 0 Å². The number of benzene rings is 1. The second kappa shape index (κ2) is 7.53. The van der Waals surface area contributed by atoms with Crippen molar-refractivity contribution in [2.75, 3.05) is 11.9 Å². The third-order valence-electron chi connectivity index (χ3n) is 3.35. The predicted molar refractivity (Wildman–Crippen MR) is 86.5 cm³/mol. The standard InChI is InChI=1S/C17H23N3O/c1-3-11-20-12-5-6-16(20)13-19-15-9-7-14(8-10-15)17(21)18-4-2/h5-10,12,19H,3-4,11,13H2,1-2H3,(H,18,21). The quantitative estimate of drug-likeness (QED) is 0.820. The number of aromatic nitrogens is 1. The number of anilines is 1. The number of hydrogen-bond donors (Lipinski definition) is 2. The highest BCUT2D eigenvalue weighted by molar-refractivity contribution is 5.94. The molecule has 0 saturated heterocycles. The number of nitrogens with one attached hydrogen (secondary N) is 2. The zero-order valence-electron chi connectivity index (χ0n) is 12.7. The highest BCUT2D eigenvalue weighted by Gasteiger charge is 2.04. The molecule has 0 unspecified atom stereocenters. The molecule has 112 valence electrons. The largest absolute Gasteiger partial charge is 0.379 e. The van der Waals surface area contributed by atoms with Crippen LogP contribution in [-0.2, 0) is 13.1 Å². The monoisotopic (exact) mass is 285 g/mol. The lowest BCUT2D eigenvalue weighted by Crippen LogP contribution is -2.22. The van der Waals surface area contributed by atoms with E-state index < -0.39 is 0 Å². The van der Waals surface area contributed by atoms with Gasteiger partial charge in [0.05, 0.1) is 6.54 Å². The average molecular weight is 285 g/mol. The van der Waals surface area contributed by atoms with E-state index in [0.717, 1.165) is 25.2 Å². The van der Waals surface area contributed by atoms with Crippen LogP contribution in [0.4, 0.5) is 5.69 Å². The van der Waals surface area contributed by atoms with Gasteiger partial charge in [-0.2, -0.15) is 0 Å². The molecule has 1 aromatic carbocycles. The van der Waals surface area contributed by atoms with Crippen molar-refractivity contribution in [3.05, 3.63) is 53.9 Å². The fourth-order valence-electron chi connectivity index (χ4n) is 2.26. The van der Waals surface area contributed by atoms with Crippen molar-refractivity contribution in [2.24, 2.45) is 0 Å². The molecular formula is C17H23N3O. The van der Waals surface area contributed by atoms with Crippen LogP contribution in [0.1, 0.15) is 36.3 Å². The van der Waals surface area contributed by atoms with E-state index in [1.54, 1.807) is 0 Å². The summed E-state index contributed by atoms with van der Waals surface area (Å²) in [4.78, 5) is 11.7. The molecule has 0 aliphatic heterocycles. The number of rotatable bonds is 7. The van der Waals surface area contributed by atoms with Gasteiger partial charge in [0.2, 0.25) is 0 Å². The van der Waals surface area contributed by atoms with Gasteiger partial charge in [-0.25, -0.2) is 0 Å². The second-order valence-electron chi connectivity index (χ2n) is 4.98. The van der Waals surface area contributed by atoms with Crippen LogP contribution in [0, 0.1) is 0 Å². The minimum Gasteiger partial charge on any atom is -0.379 e. The molecule has 4 heteroatoms. The summed E-state index contributed by atoms with van der Waals surface area (Å²) < 4.78 is 2.26. The molecule has 0 atom stereocenters. The Morgan fingerprint density at radius 3 is 2.57 bits per heavy atom. The third-order valence-corrected chi connectivity index (χ3v) is 3.35. The van der Waals surface area contributed by atoms with Gasteiger partial charge in [-0.15, -0.1) is 0 Å². The van der Waals surface area contributed by atoms with Crippen LogP contribution in [0.5, 0.6) is 0 Å². The maximum Gasteiger partial charge on any atom is 0.251 e. The van der Waals surface area contributed by atoms with Crippen LogP contribution in [-0.4, -0.2) is 17.0 Å². The SMILES string of the molecule is CCCn1cccc1CNc1ccc(C(=O)NCC)cc1. The zero-order chi connectivity index (χ0) is 15.1. The summed E-state index contributed by atoms with van der Waals surface area (Å²) in [5, 5.41) is 6.19. The van der Waals surface area contributed by atoms with E-state index in [2.05, 4.69) is 40.5 Å². The van der Waals surface area contributed by atoms with E-state index in [-0.39, 0.29) is 5.91 Å². The number of nitrogens with zero attached hydrogens (tertiary/aromatic N) is 1. The summed E-state index contributed by atoms with van der Waals surface area (Å²) in [5.74, 6) is -0.0270. The Bertz CT molecular complexity index is 572. The van der Waals surface area contributed by atoms with Crippen molar-refractivity contribution >= 4 is 11.6 Å². The maximum atomic E-state index is 11.7. The van der Waals surface area contributed by atoms with Gasteiger partial charge in [0.15, 0.2) is 0 Å². The lowest BCUT2D eigenvalue weighted by molar-refractivity contribution is 0.0956. The van der Waals surface area contributed by atoms with E-state index in [1.807, 2.05) is 31.2 Å². The molecule has 2 rings (SSSR count). The van der Waals surface area contributed by atoms with Crippen LogP contribution < -0.4 is 10.6 Å². The summed E-state index contributed by atoms with van der Waals surface area (Å²) >= 11 is 0. The molecule has 2 N–H and O–H groups in total. The Labute approximate surface area is 126 Å². The molecule has 0 aliphatic rings. The maximum absolute atomic E-state index is 11.7. The van der Waals surface area contributed by atoms with E-state index in [0.29, 0.717) is 12.1 Å². The van der Waals surface area contributed by atoms with Crippen molar-refractivity contribution < 1.29 is 4.79 Å². The number of aryl methyl sites for hydroxylation is 1. The van der Waals surface area contributed by atoms with E-state index in [4.69, 9.17) is 0 Å². The molecule has 0 radical (unpaired) electrons. The molecule has 1 aromatic heterocycles. The van der Waals surface area contributed by atoms with Crippen LogP contribution in [0.3, 0.4) is 0 Å². The lowest BCUT2D eigenvalue weighted by Gasteiger charge is -2.10. The highest BCUT2D eigenvalue weighted by Crippen LogP contribution is 2.12. The number of carbonyl (C=O) groups excluding carboxylic acids is 1. The van der Waals surface area contributed by atoms with E-state index in [1.165, 1.54) is 5.69 Å². The van der Waals surface area contributed by atoms with Gasteiger partial charge in [-0.1, -0.05) is 6.92 Å². The van der Waals surface area contributed by atoms with Crippen LogP contribution in [0.2, 0.25) is 0 Å². The molecule has 1 amide bonds. The summed E-state index contributed by atoms with van der Waals surface area (Å²) in [7, 11) is 0. The van der Waals surface area contributed by atoms with Crippen molar-refractivity contribution in [1.29, 1.82) is 0 Å². The Balaban J connectivity index is 1.94. The first-order valence-corrected chi connectivity index (χ1v) is 7.50. The van der Waals surface area contributed by atoms with Gasteiger partial charge in [-0.05, 0) is 49.7 Å². The zero-order valence-corrected chi connectivity index (χ0v) is 12.7. The molecule has 2 aromatic rings. The molecule has 4 nitrogen and oxygen atoms in total. The Morgan fingerprint density at radius 2 is 1.90 bits per heavy atom. The van der Waals surface area contributed by atoms with Crippen molar-refractivity contribution in [1.82, 2.24) is 9.88 Å². The first kappa shape index (κ1) is 15.2. The lowest BCUT2D eigenvalue weighted by atomic mass is 10.2. The number of amides is 1. The molecule has 21 heavy (non-hydrogen) atoms. The second-order valence-corrected chi connectivity index (χ2v) is 4.98. The summed E-state index contributed by atoms with van der Waals surface area (Å²) in [6.45, 7) is 6.57. The molecule has 0 fully saturated rings. The normalized spacial score (nSPS) is 10.4. The summed E-state index contributed by atoms with van der Waals surface area (Å²) in [6, 6.07) is 11.8. The molecule has 0 saturated carbocycles. The summed E-state index contributed by atoms with van der Waals surface area (Å²) in [6.07, 6.45) is 3.24. The van der Waals surface area contributed by atoms with E-state index in [9.17, 15) is 4.79 Å². The van der Waals surface area contributed by atoms with Gasteiger partial charge in [0.25, 0.3) is 5.91 Å². The van der Waals surface area contributed by atoms with Crippen LogP contribution in [0.15, 0.2) is 42.6 Å². The van der Waals surface area contributed by atoms with E-state index >= 15 is 0 Å². The van der Waals surface area contributed by atoms with Gasteiger partial charge in [0, 0.05) is 36.2 Å². The van der Waals surface area contributed by atoms with Crippen LogP contribution >= 0.6 is 0 Å². The first-order chi connectivity index (χ1) is 10.2. The minimum absolute atomic E-state index is 0.0270. The highest BCUT2D eigenvalue weighted by atomic mass is 16.1. The molecular weight excluding hydrogens is 262 g/mol. The predicted octanol–water partition coefficient (Wildman–Crippen LogP) is 3.26. The molecule has 1 heterocycles. The van der Waals surface area contributed by atoms with Gasteiger partial charge in [0.1, 0.15) is 0 Å². The third kappa shape index (κ3) is 4.12. The molecule has 0 bridgehead atoms. The smallest absolute Gasteiger partial charge is 0.251 e.